The zero-order chi connectivity index (χ0) is 20.5. The van der Waals surface area contributed by atoms with E-state index in [-0.39, 0.29) is 30.7 Å². The van der Waals surface area contributed by atoms with Gasteiger partial charge in [-0.3, -0.25) is 4.79 Å². The number of halogens is 2. The first-order chi connectivity index (χ1) is 14.2. The molecule has 9 heteroatoms. The van der Waals surface area contributed by atoms with E-state index in [1.54, 1.807) is 38.6 Å². The third-order valence-corrected chi connectivity index (χ3v) is 5.11. The van der Waals surface area contributed by atoms with Crippen LogP contribution in [0.5, 0.6) is 23.1 Å². The third-order valence-electron chi connectivity index (χ3n) is 5.11. The highest BCUT2D eigenvalue weighted by Crippen LogP contribution is 2.39. The molecule has 7 nitrogen and oxygen atoms in total. The maximum atomic E-state index is 12.1. The zero-order valence-corrected chi connectivity index (χ0v) is 19.5. The summed E-state index contributed by atoms with van der Waals surface area (Å²) in [6, 6.07) is 9.08. The minimum Gasteiger partial charge on any atom is -0.493 e. The van der Waals surface area contributed by atoms with Crippen molar-refractivity contribution in [3.8, 4) is 23.1 Å². The Hall–Kier alpha value is -2.22. The lowest BCUT2D eigenvalue weighted by Crippen LogP contribution is -2.29. The molecule has 2 aromatic rings. The van der Waals surface area contributed by atoms with Crippen LogP contribution in [0.2, 0.25) is 0 Å². The van der Waals surface area contributed by atoms with Crippen LogP contribution in [-0.2, 0) is 11.3 Å². The molecule has 2 heterocycles. The molecule has 0 saturated carbocycles. The van der Waals surface area contributed by atoms with Gasteiger partial charge in [-0.05, 0) is 56.0 Å². The average Bonchev–Trinajstić information content (AvgIpc) is 2.78. The van der Waals surface area contributed by atoms with Gasteiger partial charge >= 0.3 is 0 Å². The lowest BCUT2D eigenvalue weighted by molar-refractivity contribution is -0.121. The fraction of sp³-hybridized carbons (Fsp3) is 0.455. The highest BCUT2D eigenvalue weighted by molar-refractivity contribution is 5.85. The smallest absolute Gasteiger partial charge is 0.220 e. The van der Waals surface area contributed by atoms with E-state index in [9.17, 15) is 4.79 Å². The summed E-state index contributed by atoms with van der Waals surface area (Å²) in [6.07, 6.45) is 5.56. The number of ether oxygens (including phenoxy) is 3. The molecule has 0 bridgehead atoms. The van der Waals surface area contributed by atoms with E-state index >= 15 is 0 Å². The Labute approximate surface area is 196 Å². The zero-order valence-electron chi connectivity index (χ0n) is 17.9. The molecule has 0 atom stereocenters. The van der Waals surface area contributed by atoms with Gasteiger partial charge in [0.2, 0.25) is 17.5 Å². The van der Waals surface area contributed by atoms with Crippen LogP contribution in [0.25, 0.3) is 0 Å². The number of carbonyl (C=O) groups is 1. The predicted octanol–water partition coefficient (Wildman–Crippen LogP) is 4.13. The van der Waals surface area contributed by atoms with Crippen LogP contribution in [0.3, 0.4) is 0 Å². The first-order valence-electron chi connectivity index (χ1n) is 10.0. The lowest BCUT2D eigenvalue weighted by Gasteiger charge is -2.22. The van der Waals surface area contributed by atoms with Gasteiger partial charge in [-0.1, -0.05) is 12.1 Å². The molecule has 2 N–H and O–H groups in total. The quantitative estimate of drug-likeness (QED) is 0.571. The van der Waals surface area contributed by atoms with Crippen molar-refractivity contribution in [1.82, 2.24) is 15.6 Å². The number of carbonyl (C=O) groups excluding carboxylic acids is 1. The molecule has 1 aliphatic heterocycles. The SMILES string of the molecule is COc1cccc(OC)c1Oc1ccc(CNC(=O)CCC2CCNCC2)cn1.Cl.Cl. The van der Waals surface area contributed by atoms with Crippen LogP contribution in [-0.4, -0.2) is 38.2 Å². The Morgan fingerprint density at radius 3 is 2.35 bits per heavy atom. The summed E-state index contributed by atoms with van der Waals surface area (Å²) in [5, 5.41) is 6.32. The van der Waals surface area contributed by atoms with Gasteiger partial charge in [0.1, 0.15) is 0 Å². The van der Waals surface area contributed by atoms with Crippen LogP contribution >= 0.6 is 24.8 Å². The van der Waals surface area contributed by atoms with E-state index in [0.717, 1.165) is 37.9 Å². The second kappa shape index (κ2) is 14.0. The summed E-state index contributed by atoms with van der Waals surface area (Å²) in [6.45, 7) is 2.58. The van der Waals surface area contributed by atoms with E-state index < -0.39 is 0 Å². The standard InChI is InChI=1S/C22H29N3O4.2ClH/c1-27-18-4-3-5-19(28-2)22(18)29-21-9-7-17(15-25-21)14-24-20(26)8-6-16-10-12-23-13-11-16;;/h3-5,7,9,15-16,23H,6,8,10-14H2,1-2H3,(H,24,26);2*1H. The van der Waals surface area contributed by atoms with Gasteiger partial charge in [0.15, 0.2) is 11.5 Å². The molecule has 31 heavy (non-hydrogen) atoms. The van der Waals surface area contributed by atoms with Gasteiger partial charge in [-0.2, -0.15) is 0 Å². The maximum Gasteiger partial charge on any atom is 0.220 e. The number of pyridine rings is 1. The van der Waals surface area contributed by atoms with Gasteiger partial charge in [-0.15, -0.1) is 24.8 Å². The van der Waals surface area contributed by atoms with Crippen molar-refractivity contribution < 1.29 is 19.0 Å². The summed E-state index contributed by atoms with van der Waals surface area (Å²) in [5.41, 5.74) is 0.916. The molecule has 1 aromatic carbocycles. The number of piperidine rings is 1. The topological polar surface area (TPSA) is 81.7 Å². The molecule has 0 unspecified atom stereocenters. The van der Waals surface area contributed by atoms with Crippen LogP contribution in [0, 0.1) is 5.92 Å². The normalized spacial score (nSPS) is 13.4. The molecule has 1 saturated heterocycles. The largest absolute Gasteiger partial charge is 0.493 e. The second-order valence-electron chi connectivity index (χ2n) is 7.11. The number of rotatable bonds is 9. The van der Waals surface area contributed by atoms with Gasteiger partial charge in [0.05, 0.1) is 14.2 Å². The van der Waals surface area contributed by atoms with Crippen molar-refractivity contribution in [2.75, 3.05) is 27.3 Å². The van der Waals surface area contributed by atoms with Gasteiger partial charge in [0, 0.05) is 25.2 Å². The number of benzene rings is 1. The number of aromatic nitrogens is 1. The number of amides is 1. The Kier molecular flexibility index (Phi) is 12.1. The number of nitrogens with zero attached hydrogens (tertiary/aromatic N) is 1. The van der Waals surface area contributed by atoms with Gasteiger partial charge in [0.25, 0.3) is 0 Å². The minimum atomic E-state index is 0. The maximum absolute atomic E-state index is 12.1. The number of hydrogen-bond donors (Lipinski definition) is 2. The molecule has 1 amide bonds. The Morgan fingerprint density at radius 1 is 1.10 bits per heavy atom. The summed E-state index contributed by atoms with van der Waals surface area (Å²) >= 11 is 0. The van der Waals surface area contributed by atoms with Crippen molar-refractivity contribution in [2.45, 2.75) is 32.2 Å². The molecular weight excluding hydrogens is 441 g/mol. The highest BCUT2D eigenvalue weighted by atomic mass is 35.5. The molecule has 3 rings (SSSR count). The number of hydrogen-bond acceptors (Lipinski definition) is 6. The summed E-state index contributed by atoms with van der Waals surface area (Å²) in [5.74, 6) is 2.78. The first-order valence-corrected chi connectivity index (χ1v) is 10.0. The lowest BCUT2D eigenvalue weighted by atomic mass is 9.93. The Morgan fingerprint density at radius 2 is 1.77 bits per heavy atom. The minimum absolute atomic E-state index is 0. The Balaban J connectivity index is 0.00000240. The molecule has 0 radical (unpaired) electrons. The monoisotopic (exact) mass is 471 g/mol. The van der Waals surface area contributed by atoms with Crippen molar-refractivity contribution in [2.24, 2.45) is 5.92 Å². The molecule has 1 aliphatic rings. The predicted molar refractivity (Wildman–Crippen MR) is 125 cm³/mol. The summed E-state index contributed by atoms with van der Waals surface area (Å²) < 4.78 is 16.5. The summed E-state index contributed by atoms with van der Waals surface area (Å²) in [7, 11) is 3.15. The molecule has 172 valence electrons. The van der Waals surface area contributed by atoms with E-state index in [1.165, 1.54) is 0 Å². The first kappa shape index (κ1) is 26.8. The van der Waals surface area contributed by atoms with E-state index in [2.05, 4.69) is 15.6 Å². The van der Waals surface area contributed by atoms with E-state index in [0.29, 0.717) is 42.0 Å². The second-order valence-corrected chi connectivity index (χ2v) is 7.11. The molecular formula is C22H31Cl2N3O4. The van der Waals surface area contributed by atoms with Crippen molar-refractivity contribution >= 4 is 30.7 Å². The number of methoxy groups -OCH3 is 2. The molecule has 0 aliphatic carbocycles. The Bertz CT molecular complexity index is 778. The van der Waals surface area contributed by atoms with Gasteiger partial charge in [-0.25, -0.2) is 4.98 Å². The highest BCUT2D eigenvalue weighted by Gasteiger charge is 2.15. The van der Waals surface area contributed by atoms with Crippen LogP contribution in [0.15, 0.2) is 36.5 Å². The van der Waals surface area contributed by atoms with Crippen LogP contribution in [0.1, 0.15) is 31.2 Å². The molecule has 1 fully saturated rings. The number of para-hydroxylation sites is 1. The van der Waals surface area contributed by atoms with E-state index in [1.807, 2.05) is 12.1 Å². The van der Waals surface area contributed by atoms with Crippen molar-refractivity contribution in [3.05, 3.63) is 42.1 Å². The van der Waals surface area contributed by atoms with Crippen molar-refractivity contribution in [3.63, 3.8) is 0 Å². The van der Waals surface area contributed by atoms with Crippen LogP contribution in [0.4, 0.5) is 0 Å². The fourth-order valence-corrected chi connectivity index (χ4v) is 3.39. The van der Waals surface area contributed by atoms with Gasteiger partial charge < -0.3 is 24.8 Å². The fourth-order valence-electron chi connectivity index (χ4n) is 3.39. The van der Waals surface area contributed by atoms with Crippen LogP contribution < -0.4 is 24.8 Å². The van der Waals surface area contributed by atoms with Crippen molar-refractivity contribution in [1.29, 1.82) is 0 Å². The average molecular weight is 472 g/mol. The third kappa shape index (κ3) is 8.09. The van der Waals surface area contributed by atoms with E-state index in [4.69, 9.17) is 14.2 Å². The molecule has 1 aromatic heterocycles. The molecule has 0 spiro atoms. The number of nitrogens with one attached hydrogen (secondary N) is 2. The summed E-state index contributed by atoms with van der Waals surface area (Å²) in [4.78, 5) is 16.4.